The molecule has 1 heterocycles. The lowest BCUT2D eigenvalue weighted by molar-refractivity contribution is 0.102. The molecule has 0 saturated heterocycles. The molecule has 0 radical (unpaired) electrons. The average Bonchev–Trinajstić information content (AvgIpc) is 2.79. The third-order valence-corrected chi connectivity index (χ3v) is 6.44. The van der Waals surface area contributed by atoms with Crippen molar-refractivity contribution in [3.63, 3.8) is 0 Å². The molecule has 1 aromatic heterocycles. The minimum Gasteiger partial charge on any atom is -0.322 e. The third kappa shape index (κ3) is 4.79. The van der Waals surface area contributed by atoms with Crippen LogP contribution >= 0.6 is 0 Å². The normalized spacial score (nSPS) is 12.4. The van der Waals surface area contributed by atoms with Gasteiger partial charge in [0.15, 0.2) is 0 Å². The zero-order valence-electron chi connectivity index (χ0n) is 16.8. The van der Waals surface area contributed by atoms with E-state index in [1.807, 2.05) is 54.6 Å². The van der Waals surface area contributed by atoms with E-state index in [0.29, 0.717) is 5.69 Å². The van der Waals surface area contributed by atoms with Crippen molar-refractivity contribution in [2.45, 2.75) is 17.9 Å². The summed E-state index contributed by atoms with van der Waals surface area (Å²) in [6, 6.07) is 24.0. The molecule has 0 spiro atoms. The molecule has 1 amide bonds. The molecule has 3 aromatic carbocycles. The summed E-state index contributed by atoms with van der Waals surface area (Å²) in [6.45, 7) is 1.78. The largest absolute Gasteiger partial charge is 0.322 e. The predicted octanol–water partition coefficient (Wildman–Crippen LogP) is 4.53. The van der Waals surface area contributed by atoms with Gasteiger partial charge in [0.1, 0.15) is 0 Å². The number of sulfonamides is 1. The van der Waals surface area contributed by atoms with Crippen LogP contribution in [0.4, 0.5) is 5.69 Å². The fourth-order valence-corrected chi connectivity index (χ4v) is 4.55. The second-order valence-corrected chi connectivity index (χ2v) is 8.86. The predicted molar refractivity (Wildman–Crippen MR) is 121 cm³/mol. The number of benzene rings is 3. The summed E-state index contributed by atoms with van der Waals surface area (Å²) in [5.74, 6) is -0.392. The quantitative estimate of drug-likeness (QED) is 0.470. The van der Waals surface area contributed by atoms with E-state index in [9.17, 15) is 13.2 Å². The molecular formula is C24H21N3O3S. The van der Waals surface area contributed by atoms with Gasteiger partial charge < -0.3 is 5.32 Å². The van der Waals surface area contributed by atoms with E-state index in [1.54, 1.807) is 31.3 Å². The topological polar surface area (TPSA) is 88.2 Å². The summed E-state index contributed by atoms with van der Waals surface area (Å²) in [5.41, 5.74) is 2.54. The summed E-state index contributed by atoms with van der Waals surface area (Å²) < 4.78 is 28.3. The first kappa shape index (κ1) is 20.7. The highest BCUT2D eigenvalue weighted by Gasteiger charge is 2.20. The number of nitrogens with zero attached hydrogens (tertiary/aromatic N) is 1. The number of hydrogen-bond donors (Lipinski definition) is 2. The Kier molecular flexibility index (Phi) is 5.79. The fraction of sp³-hybridized carbons (Fsp3) is 0.0833. The first-order valence-corrected chi connectivity index (χ1v) is 11.2. The van der Waals surface area contributed by atoms with E-state index in [0.717, 1.165) is 16.5 Å². The smallest absolute Gasteiger partial charge is 0.255 e. The van der Waals surface area contributed by atoms with Gasteiger partial charge in [-0.05, 0) is 55.0 Å². The Hall–Kier alpha value is -3.55. The van der Waals surface area contributed by atoms with Crippen molar-refractivity contribution in [1.82, 2.24) is 9.71 Å². The summed E-state index contributed by atoms with van der Waals surface area (Å²) >= 11 is 0. The van der Waals surface area contributed by atoms with Crippen LogP contribution in [0.3, 0.4) is 0 Å². The number of carbonyl (C=O) groups excluding carboxylic acids is 1. The van der Waals surface area contributed by atoms with Crippen LogP contribution in [0.5, 0.6) is 0 Å². The molecule has 1 unspecified atom stereocenters. The Bertz CT molecular complexity index is 1340. The highest BCUT2D eigenvalue weighted by atomic mass is 32.2. The summed E-state index contributed by atoms with van der Waals surface area (Å²) in [6.07, 6.45) is 1.71. The first-order valence-electron chi connectivity index (χ1n) is 9.76. The van der Waals surface area contributed by atoms with Crippen LogP contribution in [0.2, 0.25) is 0 Å². The first-order chi connectivity index (χ1) is 14.9. The molecule has 31 heavy (non-hydrogen) atoms. The van der Waals surface area contributed by atoms with Crippen LogP contribution < -0.4 is 10.0 Å². The van der Waals surface area contributed by atoms with Crippen LogP contribution in [-0.2, 0) is 10.0 Å². The number of hydrogen-bond acceptors (Lipinski definition) is 4. The zero-order chi connectivity index (χ0) is 21.8. The molecule has 156 valence electrons. The van der Waals surface area contributed by atoms with Crippen LogP contribution in [0.1, 0.15) is 28.9 Å². The summed E-state index contributed by atoms with van der Waals surface area (Å²) in [4.78, 5) is 17.0. The molecule has 2 N–H and O–H groups in total. The maximum absolute atomic E-state index is 12.8. The highest BCUT2D eigenvalue weighted by molar-refractivity contribution is 7.89. The number of pyridine rings is 1. The average molecular weight is 432 g/mol. The summed E-state index contributed by atoms with van der Waals surface area (Å²) in [5, 5.41) is 3.71. The number of nitrogens with one attached hydrogen (secondary N) is 2. The Labute approximate surface area is 181 Å². The van der Waals surface area contributed by atoms with Gasteiger partial charge in [0.05, 0.1) is 10.4 Å². The lowest BCUT2D eigenvalue weighted by Crippen LogP contribution is -2.27. The van der Waals surface area contributed by atoms with E-state index in [-0.39, 0.29) is 10.5 Å². The Balaban J connectivity index is 1.53. The number of aromatic nitrogens is 1. The van der Waals surface area contributed by atoms with E-state index in [2.05, 4.69) is 15.0 Å². The zero-order valence-corrected chi connectivity index (χ0v) is 17.6. The van der Waals surface area contributed by atoms with Gasteiger partial charge in [-0.3, -0.25) is 9.78 Å². The lowest BCUT2D eigenvalue weighted by Gasteiger charge is -2.15. The fourth-order valence-electron chi connectivity index (χ4n) is 3.27. The number of fused-ring (bicyclic) bond motifs is 1. The molecule has 0 aliphatic heterocycles. The van der Waals surface area contributed by atoms with E-state index in [4.69, 9.17) is 0 Å². The van der Waals surface area contributed by atoms with Gasteiger partial charge >= 0.3 is 0 Å². The molecule has 0 saturated carbocycles. The van der Waals surface area contributed by atoms with Crippen molar-refractivity contribution < 1.29 is 13.2 Å². The van der Waals surface area contributed by atoms with Gasteiger partial charge in [0.2, 0.25) is 10.0 Å². The maximum atomic E-state index is 12.8. The molecule has 4 rings (SSSR count). The van der Waals surface area contributed by atoms with Gasteiger partial charge in [0, 0.05) is 28.9 Å². The Morgan fingerprint density at radius 2 is 1.71 bits per heavy atom. The molecule has 7 heteroatoms. The van der Waals surface area contributed by atoms with Crippen molar-refractivity contribution >= 4 is 32.5 Å². The molecule has 0 bridgehead atoms. The van der Waals surface area contributed by atoms with Crippen LogP contribution in [0.15, 0.2) is 96.0 Å². The van der Waals surface area contributed by atoms with Gasteiger partial charge in [-0.2, -0.15) is 0 Å². The lowest BCUT2D eigenvalue weighted by atomic mass is 10.1. The number of carbonyl (C=O) groups is 1. The molecule has 1 atom stereocenters. The monoisotopic (exact) mass is 431 g/mol. The summed E-state index contributed by atoms with van der Waals surface area (Å²) in [7, 11) is -3.80. The molecule has 4 aromatic rings. The second-order valence-electron chi connectivity index (χ2n) is 7.15. The van der Waals surface area contributed by atoms with Crippen molar-refractivity contribution in [3.8, 4) is 0 Å². The highest BCUT2D eigenvalue weighted by Crippen LogP contribution is 2.20. The molecule has 0 aliphatic carbocycles. The van der Waals surface area contributed by atoms with Crippen molar-refractivity contribution in [2.24, 2.45) is 0 Å². The molecule has 6 nitrogen and oxygen atoms in total. The Morgan fingerprint density at radius 3 is 2.52 bits per heavy atom. The van der Waals surface area contributed by atoms with Crippen molar-refractivity contribution in [2.75, 3.05) is 5.32 Å². The number of amides is 1. The number of rotatable bonds is 6. The van der Waals surface area contributed by atoms with Crippen molar-refractivity contribution in [3.05, 3.63) is 102 Å². The number of anilines is 1. The van der Waals surface area contributed by atoms with Crippen LogP contribution in [0.25, 0.3) is 10.9 Å². The molecule has 0 fully saturated rings. The van der Waals surface area contributed by atoms with Crippen LogP contribution in [-0.4, -0.2) is 19.3 Å². The van der Waals surface area contributed by atoms with Gasteiger partial charge in [-0.1, -0.05) is 42.5 Å². The minimum absolute atomic E-state index is 0.0330. The minimum atomic E-state index is -3.80. The standard InChI is InChI=1S/C24H21N3O3S/c1-17(18-7-3-2-4-8-18)27-31(29,30)22-11-5-9-20(16-22)24(28)26-21-12-13-23-19(15-21)10-6-14-25-23/h2-17,27H,1H3,(H,26,28). The van der Waals surface area contributed by atoms with Gasteiger partial charge in [-0.25, -0.2) is 13.1 Å². The van der Waals surface area contributed by atoms with E-state index < -0.39 is 22.0 Å². The molecular weight excluding hydrogens is 410 g/mol. The maximum Gasteiger partial charge on any atom is 0.255 e. The van der Waals surface area contributed by atoms with Gasteiger partial charge in [-0.15, -0.1) is 0 Å². The second kappa shape index (κ2) is 8.67. The van der Waals surface area contributed by atoms with E-state index in [1.165, 1.54) is 12.1 Å². The Morgan fingerprint density at radius 1 is 0.903 bits per heavy atom. The third-order valence-electron chi connectivity index (χ3n) is 4.90. The molecule has 0 aliphatic rings. The van der Waals surface area contributed by atoms with E-state index >= 15 is 0 Å². The van der Waals surface area contributed by atoms with Crippen molar-refractivity contribution in [1.29, 1.82) is 0 Å². The van der Waals surface area contributed by atoms with Crippen LogP contribution in [0, 0.1) is 0 Å². The van der Waals surface area contributed by atoms with Gasteiger partial charge in [0.25, 0.3) is 5.91 Å². The SMILES string of the molecule is CC(NS(=O)(=O)c1cccc(C(=O)Nc2ccc3ncccc3c2)c1)c1ccccc1.